The highest BCUT2D eigenvalue weighted by molar-refractivity contribution is 5.95. The van der Waals surface area contributed by atoms with Crippen LogP contribution in [0.1, 0.15) is 15.9 Å². The summed E-state index contributed by atoms with van der Waals surface area (Å²) >= 11 is 0. The van der Waals surface area contributed by atoms with Gasteiger partial charge in [-0.25, -0.2) is 0 Å². The minimum Gasteiger partial charge on any atom is -0.397 e. The highest BCUT2D eigenvalue weighted by Gasteiger charge is 2.10. The molecule has 3 N–H and O–H groups in total. The molecule has 0 aliphatic heterocycles. The first-order valence-corrected chi connectivity index (χ1v) is 6.97. The summed E-state index contributed by atoms with van der Waals surface area (Å²) in [4.78, 5) is 13.5. The number of carbonyl (C=O) groups is 1. The third-order valence-electron chi connectivity index (χ3n) is 3.28. The standard InChI is InChI=1S/C17H21N3O/c1-20(2)17(21)14-8-9-15(18)16(12-14)19-11-10-13-6-4-3-5-7-13/h3-9,12,19H,10-11,18H2,1-2H3. The van der Waals surface area contributed by atoms with E-state index in [0.717, 1.165) is 18.7 Å². The molecule has 0 aliphatic carbocycles. The maximum absolute atomic E-state index is 12.0. The van der Waals surface area contributed by atoms with Crippen molar-refractivity contribution in [2.75, 3.05) is 31.7 Å². The number of nitrogens with zero attached hydrogens (tertiary/aromatic N) is 1. The van der Waals surface area contributed by atoms with Gasteiger partial charge in [-0.3, -0.25) is 4.79 Å². The average molecular weight is 283 g/mol. The SMILES string of the molecule is CN(C)C(=O)c1ccc(N)c(NCCc2ccccc2)c1. The van der Waals surface area contributed by atoms with E-state index in [-0.39, 0.29) is 5.91 Å². The number of hydrogen-bond donors (Lipinski definition) is 2. The van der Waals surface area contributed by atoms with Gasteiger partial charge in [0.05, 0.1) is 11.4 Å². The number of amides is 1. The lowest BCUT2D eigenvalue weighted by Crippen LogP contribution is -2.22. The predicted octanol–water partition coefficient (Wildman–Crippen LogP) is 2.63. The van der Waals surface area contributed by atoms with Crippen LogP contribution in [0.25, 0.3) is 0 Å². The number of anilines is 2. The molecule has 0 spiro atoms. The Balaban J connectivity index is 2.02. The first-order valence-electron chi connectivity index (χ1n) is 6.97. The maximum Gasteiger partial charge on any atom is 0.253 e. The maximum atomic E-state index is 12.0. The molecule has 2 rings (SSSR count). The smallest absolute Gasteiger partial charge is 0.253 e. The molecule has 2 aromatic rings. The van der Waals surface area contributed by atoms with Crippen LogP contribution >= 0.6 is 0 Å². The summed E-state index contributed by atoms with van der Waals surface area (Å²) in [5.74, 6) is -0.0268. The summed E-state index contributed by atoms with van der Waals surface area (Å²) < 4.78 is 0. The average Bonchev–Trinajstić information content (AvgIpc) is 2.49. The molecule has 4 heteroatoms. The van der Waals surface area contributed by atoms with Crippen molar-refractivity contribution < 1.29 is 4.79 Å². The normalized spacial score (nSPS) is 10.2. The van der Waals surface area contributed by atoms with E-state index in [1.54, 1.807) is 31.1 Å². The second-order valence-corrected chi connectivity index (χ2v) is 5.16. The van der Waals surface area contributed by atoms with E-state index < -0.39 is 0 Å². The second-order valence-electron chi connectivity index (χ2n) is 5.16. The predicted molar refractivity (Wildman–Crippen MR) is 87.5 cm³/mol. The van der Waals surface area contributed by atoms with Crippen LogP contribution in [0.3, 0.4) is 0 Å². The van der Waals surface area contributed by atoms with Crippen molar-refractivity contribution in [1.82, 2.24) is 4.90 Å². The summed E-state index contributed by atoms with van der Waals surface area (Å²) in [6, 6.07) is 15.6. The number of nitrogen functional groups attached to an aromatic ring is 1. The fourth-order valence-corrected chi connectivity index (χ4v) is 2.09. The number of rotatable bonds is 5. The van der Waals surface area contributed by atoms with E-state index in [2.05, 4.69) is 17.4 Å². The zero-order valence-corrected chi connectivity index (χ0v) is 12.5. The van der Waals surface area contributed by atoms with Gasteiger partial charge in [-0.1, -0.05) is 30.3 Å². The van der Waals surface area contributed by atoms with Gasteiger partial charge < -0.3 is 16.0 Å². The Morgan fingerprint density at radius 2 is 1.86 bits per heavy atom. The van der Waals surface area contributed by atoms with Gasteiger partial charge in [-0.15, -0.1) is 0 Å². The summed E-state index contributed by atoms with van der Waals surface area (Å²) in [7, 11) is 3.47. The number of nitrogens with two attached hydrogens (primary N) is 1. The van der Waals surface area contributed by atoms with Crippen LogP contribution in [0.2, 0.25) is 0 Å². The van der Waals surface area contributed by atoms with Gasteiger partial charge in [0, 0.05) is 26.2 Å². The minimum absolute atomic E-state index is 0.0268. The Labute approximate surface area is 125 Å². The minimum atomic E-state index is -0.0268. The van der Waals surface area contributed by atoms with Crippen LogP contribution in [0, 0.1) is 0 Å². The van der Waals surface area contributed by atoms with Crippen LogP contribution in [-0.2, 0) is 6.42 Å². The molecule has 4 nitrogen and oxygen atoms in total. The Hall–Kier alpha value is -2.49. The second kappa shape index (κ2) is 6.79. The van der Waals surface area contributed by atoms with Crippen molar-refractivity contribution >= 4 is 17.3 Å². The monoisotopic (exact) mass is 283 g/mol. The van der Waals surface area contributed by atoms with Crippen molar-refractivity contribution in [1.29, 1.82) is 0 Å². The molecule has 0 aromatic heterocycles. The van der Waals surface area contributed by atoms with E-state index in [9.17, 15) is 4.79 Å². The van der Waals surface area contributed by atoms with Gasteiger partial charge in [0.1, 0.15) is 0 Å². The van der Waals surface area contributed by atoms with Crippen LogP contribution in [-0.4, -0.2) is 31.4 Å². The fraction of sp³-hybridized carbons (Fsp3) is 0.235. The molecule has 0 heterocycles. The highest BCUT2D eigenvalue weighted by Crippen LogP contribution is 2.20. The van der Waals surface area contributed by atoms with Crippen LogP contribution < -0.4 is 11.1 Å². The molecular formula is C17H21N3O. The lowest BCUT2D eigenvalue weighted by molar-refractivity contribution is 0.0827. The topological polar surface area (TPSA) is 58.4 Å². The Kier molecular flexibility index (Phi) is 4.82. The summed E-state index contributed by atoms with van der Waals surface area (Å²) in [6.07, 6.45) is 0.909. The summed E-state index contributed by atoms with van der Waals surface area (Å²) in [5, 5.41) is 3.30. The third-order valence-corrected chi connectivity index (χ3v) is 3.28. The molecule has 0 radical (unpaired) electrons. The molecule has 0 unspecified atom stereocenters. The van der Waals surface area contributed by atoms with Crippen LogP contribution in [0.4, 0.5) is 11.4 Å². The van der Waals surface area contributed by atoms with Gasteiger partial charge in [0.25, 0.3) is 5.91 Å². The summed E-state index contributed by atoms with van der Waals surface area (Å²) in [5.41, 5.74) is 9.32. The van der Waals surface area contributed by atoms with Crippen molar-refractivity contribution in [3.05, 3.63) is 59.7 Å². The largest absolute Gasteiger partial charge is 0.397 e. The number of benzene rings is 2. The molecule has 0 aliphatic rings. The van der Waals surface area contributed by atoms with Crippen LogP contribution in [0.5, 0.6) is 0 Å². The molecule has 0 atom stereocenters. The molecule has 110 valence electrons. The zero-order chi connectivity index (χ0) is 15.2. The number of hydrogen-bond acceptors (Lipinski definition) is 3. The van der Waals surface area contributed by atoms with Crippen molar-refractivity contribution in [3.63, 3.8) is 0 Å². The molecule has 2 aromatic carbocycles. The van der Waals surface area contributed by atoms with E-state index >= 15 is 0 Å². The number of carbonyl (C=O) groups excluding carboxylic acids is 1. The lowest BCUT2D eigenvalue weighted by atomic mass is 10.1. The van der Waals surface area contributed by atoms with E-state index in [1.165, 1.54) is 5.56 Å². The first-order chi connectivity index (χ1) is 10.1. The summed E-state index contributed by atoms with van der Waals surface area (Å²) in [6.45, 7) is 0.772. The quantitative estimate of drug-likeness (QED) is 0.829. The first kappa shape index (κ1) is 14.9. The van der Waals surface area contributed by atoms with Gasteiger partial charge in [0.15, 0.2) is 0 Å². The van der Waals surface area contributed by atoms with Gasteiger partial charge in [-0.05, 0) is 30.2 Å². The van der Waals surface area contributed by atoms with E-state index in [1.807, 2.05) is 24.3 Å². The van der Waals surface area contributed by atoms with Gasteiger partial charge >= 0.3 is 0 Å². The molecular weight excluding hydrogens is 262 g/mol. The van der Waals surface area contributed by atoms with E-state index in [4.69, 9.17) is 5.73 Å². The van der Waals surface area contributed by atoms with Crippen molar-refractivity contribution in [2.24, 2.45) is 0 Å². The molecule has 0 bridgehead atoms. The molecule has 0 fully saturated rings. The zero-order valence-electron chi connectivity index (χ0n) is 12.5. The Morgan fingerprint density at radius 3 is 2.52 bits per heavy atom. The third kappa shape index (κ3) is 3.99. The fourth-order valence-electron chi connectivity index (χ4n) is 2.09. The van der Waals surface area contributed by atoms with Gasteiger partial charge in [-0.2, -0.15) is 0 Å². The van der Waals surface area contributed by atoms with Crippen molar-refractivity contribution in [3.8, 4) is 0 Å². The molecule has 0 saturated heterocycles. The highest BCUT2D eigenvalue weighted by atomic mass is 16.2. The molecule has 1 amide bonds. The van der Waals surface area contributed by atoms with E-state index in [0.29, 0.717) is 11.3 Å². The Bertz CT molecular complexity index is 609. The van der Waals surface area contributed by atoms with Crippen LogP contribution in [0.15, 0.2) is 48.5 Å². The molecule has 21 heavy (non-hydrogen) atoms. The Morgan fingerprint density at radius 1 is 1.14 bits per heavy atom. The lowest BCUT2D eigenvalue weighted by Gasteiger charge is -2.14. The van der Waals surface area contributed by atoms with Gasteiger partial charge in [0.2, 0.25) is 0 Å². The number of nitrogens with one attached hydrogen (secondary N) is 1. The van der Waals surface area contributed by atoms with Crippen molar-refractivity contribution in [2.45, 2.75) is 6.42 Å². The molecule has 0 saturated carbocycles.